The van der Waals surface area contributed by atoms with E-state index in [4.69, 9.17) is 0 Å². The second kappa shape index (κ2) is 2.98. The number of Topliss-reactive ketones (excluding diaryl/α,β-unsaturated/α-hetero) is 2. The Labute approximate surface area is 69.2 Å². The van der Waals surface area contributed by atoms with E-state index in [1.807, 2.05) is 0 Å². The van der Waals surface area contributed by atoms with E-state index in [0.717, 1.165) is 6.08 Å². The minimum Gasteiger partial charge on any atom is -0.365 e. The van der Waals surface area contributed by atoms with E-state index in [-0.39, 0.29) is 5.57 Å². The molecule has 0 bridgehead atoms. The number of carbonyl (C=O) groups is 3. The fourth-order valence-electron chi connectivity index (χ4n) is 1.01. The monoisotopic (exact) mass is 168 g/mol. The van der Waals surface area contributed by atoms with Gasteiger partial charge in [-0.3, -0.25) is 14.4 Å². The highest BCUT2D eigenvalue weighted by Gasteiger charge is 2.35. The van der Waals surface area contributed by atoms with Crippen LogP contribution in [0.15, 0.2) is 11.6 Å². The van der Waals surface area contributed by atoms with Gasteiger partial charge in [0.2, 0.25) is 11.6 Å². The molecule has 0 saturated heterocycles. The van der Waals surface area contributed by atoms with Crippen LogP contribution in [0.25, 0.3) is 0 Å². The molecule has 1 aliphatic rings. The second-order valence-electron chi connectivity index (χ2n) is 2.54. The molecule has 1 unspecified atom stereocenters. The number of carbonyl (C=O) groups excluding carboxylic acids is 3. The fraction of sp³-hybridized carbons (Fsp3) is 0.375. The highest BCUT2D eigenvalue weighted by molar-refractivity contribution is 6.50. The fourth-order valence-corrected chi connectivity index (χ4v) is 1.01. The summed E-state index contributed by atoms with van der Waals surface area (Å²) < 4.78 is 4.60. The maximum absolute atomic E-state index is 11.1. The van der Waals surface area contributed by atoms with Crippen LogP contribution in [-0.2, 0) is 19.1 Å². The SMILES string of the molecule is COC1C(=O)C(=O)C=C(C)C1=O. The predicted molar refractivity (Wildman–Crippen MR) is 39.6 cm³/mol. The minimum atomic E-state index is -1.22. The third kappa shape index (κ3) is 1.21. The smallest absolute Gasteiger partial charge is 0.239 e. The first kappa shape index (κ1) is 8.80. The molecule has 12 heavy (non-hydrogen) atoms. The van der Waals surface area contributed by atoms with E-state index in [0.29, 0.717) is 0 Å². The molecule has 0 amide bonds. The van der Waals surface area contributed by atoms with Crippen molar-refractivity contribution in [3.8, 4) is 0 Å². The highest BCUT2D eigenvalue weighted by atomic mass is 16.5. The molecule has 4 heteroatoms. The molecule has 64 valence electrons. The van der Waals surface area contributed by atoms with Gasteiger partial charge in [-0.05, 0) is 18.6 Å². The van der Waals surface area contributed by atoms with Crippen molar-refractivity contribution in [2.75, 3.05) is 7.11 Å². The molecule has 0 spiro atoms. The number of methoxy groups -OCH3 is 1. The van der Waals surface area contributed by atoms with E-state index in [1.165, 1.54) is 14.0 Å². The van der Waals surface area contributed by atoms with Crippen molar-refractivity contribution in [2.45, 2.75) is 13.0 Å². The van der Waals surface area contributed by atoms with Gasteiger partial charge in [0.25, 0.3) is 0 Å². The van der Waals surface area contributed by atoms with Crippen LogP contribution in [0, 0.1) is 0 Å². The van der Waals surface area contributed by atoms with Crippen molar-refractivity contribution in [2.24, 2.45) is 0 Å². The van der Waals surface area contributed by atoms with Crippen LogP contribution in [0.2, 0.25) is 0 Å². The lowest BCUT2D eigenvalue weighted by Crippen LogP contribution is -2.40. The first-order valence-corrected chi connectivity index (χ1v) is 3.41. The van der Waals surface area contributed by atoms with E-state index >= 15 is 0 Å². The Morgan fingerprint density at radius 1 is 1.25 bits per heavy atom. The largest absolute Gasteiger partial charge is 0.365 e. The molecule has 0 N–H and O–H groups in total. The molecule has 0 saturated carbocycles. The predicted octanol–water partition coefficient (Wildman–Crippen LogP) is -0.331. The van der Waals surface area contributed by atoms with Gasteiger partial charge in [-0.25, -0.2) is 0 Å². The zero-order valence-corrected chi connectivity index (χ0v) is 6.79. The number of ketones is 3. The van der Waals surface area contributed by atoms with Crippen LogP contribution in [0.4, 0.5) is 0 Å². The van der Waals surface area contributed by atoms with E-state index < -0.39 is 23.5 Å². The van der Waals surface area contributed by atoms with Crippen molar-refractivity contribution in [3.05, 3.63) is 11.6 Å². The summed E-state index contributed by atoms with van der Waals surface area (Å²) in [6.45, 7) is 1.48. The minimum absolute atomic E-state index is 0.270. The molecule has 1 rings (SSSR count). The first-order chi connectivity index (χ1) is 5.57. The van der Waals surface area contributed by atoms with Gasteiger partial charge in [-0.2, -0.15) is 0 Å². The van der Waals surface area contributed by atoms with Crippen LogP contribution < -0.4 is 0 Å². The molecule has 0 aliphatic heterocycles. The first-order valence-electron chi connectivity index (χ1n) is 3.41. The van der Waals surface area contributed by atoms with Gasteiger partial charge in [-0.15, -0.1) is 0 Å². The molecule has 0 heterocycles. The zero-order chi connectivity index (χ0) is 9.30. The van der Waals surface area contributed by atoms with Crippen molar-refractivity contribution >= 4 is 17.3 Å². The molecular formula is C8H8O4. The average Bonchev–Trinajstić information content (AvgIpc) is 2.02. The summed E-state index contributed by atoms with van der Waals surface area (Å²) in [4.78, 5) is 33.0. The van der Waals surface area contributed by atoms with Crippen LogP contribution in [0.1, 0.15) is 6.92 Å². The molecular weight excluding hydrogens is 160 g/mol. The van der Waals surface area contributed by atoms with Gasteiger partial charge >= 0.3 is 0 Å². The van der Waals surface area contributed by atoms with Crippen LogP contribution in [-0.4, -0.2) is 30.6 Å². The standard InChI is InChI=1S/C8H8O4/c1-4-3-5(9)7(11)8(12-2)6(4)10/h3,8H,1-2H3. The summed E-state index contributed by atoms with van der Waals surface area (Å²) >= 11 is 0. The van der Waals surface area contributed by atoms with Crippen LogP contribution in [0.5, 0.6) is 0 Å². The Morgan fingerprint density at radius 3 is 2.33 bits per heavy atom. The third-order valence-corrected chi connectivity index (χ3v) is 1.69. The average molecular weight is 168 g/mol. The van der Waals surface area contributed by atoms with Crippen LogP contribution in [0.3, 0.4) is 0 Å². The number of rotatable bonds is 1. The van der Waals surface area contributed by atoms with Gasteiger partial charge in [-0.1, -0.05) is 0 Å². The van der Waals surface area contributed by atoms with Crippen molar-refractivity contribution in [3.63, 3.8) is 0 Å². The molecule has 4 nitrogen and oxygen atoms in total. The van der Waals surface area contributed by atoms with Crippen LogP contribution >= 0.6 is 0 Å². The van der Waals surface area contributed by atoms with E-state index in [1.54, 1.807) is 0 Å². The normalized spacial score (nSPS) is 24.3. The van der Waals surface area contributed by atoms with Gasteiger partial charge in [0.15, 0.2) is 11.9 Å². The molecule has 0 radical (unpaired) electrons. The quantitative estimate of drug-likeness (QED) is 0.397. The maximum Gasteiger partial charge on any atom is 0.239 e. The lowest BCUT2D eigenvalue weighted by molar-refractivity contribution is -0.146. The third-order valence-electron chi connectivity index (χ3n) is 1.69. The zero-order valence-electron chi connectivity index (χ0n) is 6.79. The van der Waals surface area contributed by atoms with Crippen molar-refractivity contribution in [1.82, 2.24) is 0 Å². The summed E-state index contributed by atoms with van der Waals surface area (Å²) in [6.07, 6.45) is -0.178. The molecule has 0 aromatic heterocycles. The summed E-state index contributed by atoms with van der Waals surface area (Å²) in [6, 6.07) is 0. The lowest BCUT2D eigenvalue weighted by atomic mass is 9.94. The highest BCUT2D eigenvalue weighted by Crippen LogP contribution is 2.11. The van der Waals surface area contributed by atoms with Gasteiger partial charge < -0.3 is 4.74 Å². The molecule has 0 aromatic rings. The molecule has 1 atom stereocenters. The molecule has 0 aromatic carbocycles. The number of allylic oxidation sites excluding steroid dienone is 1. The Kier molecular flexibility index (Phi) is 2.19. The summed E-state index contributed by atoms with van der Waals surface area (Å²) in [5, 5.41) is 0. The van der Waals surface area contributed by atoms with Crippen molar-refractivity contribution < 1.29 is 19.1 Å². The van der Waals surface area contributed by atoms with Gasteiger partial charge in [0.1, 0.15) is 0 Å². The number of hydrogen-bond donors (Lipinski definition) is 0. The Morgan fingerprint density at radius 2 is 1.83 bits per heavy atom. The van der Waals surface area contributed by atoms with Crippen molar-refractivity contribution in [1.29, 1.82) is 0 Å². The lowest BCUT2D eigenvalue weighted by Gasteiger charge is -2.15. The van der Waals surface area contributed by atoms with E-state index in [2.05, 4.69) is 4.74 Å². The van der Waals surface area contributed by atoms with Gasteiger partial charge in [0, 0.05) is 7.11 Å². The van der Waals surface area contributed by atoms with Gasteiger partial charge in [0.05, 0.1) is 0 Å². The molecule has 1 aliphatic carbocycles. The second-order valence-corrected chi connectivity index (χ2v) is 2.54. The Balaban J connectivity index is 3.08. The Hall–Kier alpha value is -1.29. The number of ether oxygens (including phenoxy) is 1. The summed E-state index contributed by atoms with van der Waals surface area (Å²) in [5.74, 6) is -1.88. The topological polar surface area (TPSA) is 60.4 Å². The molecule has 0 fully saturated rings. The summed E-state index contributed by atoms with van der Waals surface area (Å²) in [7, 11) is 1.23. The van der Waals surface area contributed by atoms with E-state index in [9.17, 15) is 14.4 Å². The maximum atomic E-state index is 11.1. The summed E-state index contributed by atoms with van der Waals surface area (Å²) in [5.41, 5.74) is 0.270. The number of hydrogen-bond acceptors (Lipinski definition) is 4. The Bertz CT molecular complexity index is 287.